The average Bonchev–Trinajstić information content (AvgIpc) is 2.66. The van der Waals surface area contributed by atoms with Crippen LogP contribution in [0.1, 0.15) is 12.0 Å². The number of nitrogens with one attached hydrogen (secondary N) is 1. The van der Waals surface area contributed by atoms with Crippen LogP contribution in [0, 0.1) is 10.1 Å². The van der Waals surface area contributed by atoms with E-state index < -0.39 is 4.92 Å². The second-order valence-electron chi connectivity index (χ2n) is 5.82. The first kappa shape index (κ1) is 18.5. The van der Waals surface area contributed by atoms with Gasteiger partial charge in [0.25, 0.3) is 11.2 Å². The quantitative estimate of drug-likeness (QED) is 0.517. The number of nitrogens with zero attached hydrogens (tertiary/aromatic N) is 3. The number of nitro groups is 1. The van der Waals surface area contributed by atoms with E-state index in [2.05, 4.69) is 10.3 Å². The van der Waals surface area contributed by atoms with Gasteiger partial charge in [-0.25, -0.2) is 4.98 Å². The highest BCUT2D eigenvalue weighted by atomic mass is 35.5. The number of nitro benzene ring substituents is 1. The van der Waals surface area contributed by atoms with Gasteiger partial charge in [0, 0.05) is 36.7 Å². The van der Waals surface area contributed by atoms with Crippen LogP contribution in [0.15, 0.2) is 53.6 Å². The standard InChI is InChI=1S/C18H15ClN4O4/c19-15-4-2-1-3-12(15)10-20-17(24)7-8-22-11-21-16-9-13(23(26)27)5-6-14(16)18(22)25/h1-6,9,11H,7-8,10H2,(H,20,24). The highest BCUT2D eigenvalue weighted by Crippen LogP contribution is 2.16. The molecule has 0 atom stereocenters. The summed E-state index contributed by atoms with van der Waals surface area (Å²) < 4.78 is 1.31. The van der Waals surface area contributed by atoms with E-state index >= 15 is 0 Å². The molecule has 8 nitrogen and oxygen atoms in total. The number of rotatable bonds is 6. The number of halogens is 1. The fourth-order valence-electron chi connectivity index (χ4n) is 2.57. The molecule has 1 heterocycles. The van der Waals surface area contributed by atoms with Gasteiger partial charge >= 0.3 is 0 Å². The molecule has 0 aliphatic rings. The minimum absolute atomic E-state index is 0.0878. The van der Waals surface area contributed by atoms with Crippen molar-refractivity contribution in [1.82, 2.24) is 14.9 Å². The molecule has 27 heavy (non-hydrogen) atoms. The highest BCUT2D eigenvalue weighted by molar-refractivity contribution is 6.31. The number of amides is 1. The zero-order valence-corrected chi connectivity index (χ0v) is 14.8. The number of non-ortho nitro benzene ring substituents is 1. The third-order valence-corrected chi connectivity index (χ3v) is 4.40. The van der Waals surface area contributed by atoms with Gasteiger partial charge in [0.15, 0.2) is 0 Å². The number of hydrogen-bond acceptors (Lipinski definition) is 5. The van der Waals surface area contributed by atoms with Crippen LogP contribution in [0.3, 0.4) is 0 Å². The zero-order chi connectivity index (χ0) is 19.4. The lowest BCUT2D eigenvalue weighted by atomic mass is 10.2. The van der Waals surface area contributed by atoms with E-state index in [-0.39, 0.29) is 41.0 Å². The van der Waals surface area contributed by atoms with Crippen molar-refractivity contribution in [2.24, 2.45) is 0 Å². The summed E-state index contributed by atoms with van der Waals surface area (Å²) in [5.74, 6) is -0.231. The summed E-state index contributed by atoms with van der Waals surface area (Å²) in [6.45, 7) is 0.445. The molecule has 0 unspecified atom stereocenters. The van der Waals surface area contributed by atoms with E-state index in [1.807, 2.05) is 12.1 Å². The van der Waals surface area contributed by atoms with Crippen molar-refractivity contribution in [3.05, 3.63) is 79.8 Å². The lowest BCUT2D eigenvalue weighted by Crippen LogP contribution is -2.27. The van der Waals surface area contributed by atoms with Crippen molar-refractivity contribution in [2.75, 3.05) is 0 Å². The van der Waals surface area contributed by atoms with Gasteiger partial charge in [0.1, 0.15) is 0 Å². The van der Waals surface area contributed by atoms with Crippen LogP contribution in [0.4, 0.5) is 5.69 Å². The first-order chi connectivity index (χ1) is 13.0. The fourth-order valence-corrected chi connectivity index (χ4v) is 2.77. The zero-order valence-electron chi connectivity index (χ0n) is 14.1. The summed E-state index contributed by atoms with van der Waals surface area (Å²) in [5, 5.41) is 14.4. The van der Waals surface area contributed by atoms with Crippen LogP contribution in [0.2, 0.25) is 5.02 Å². The molecule has 0 fully saturated rings. The summed E-state index contributed by atoms with van der Waals surface area (Å²) in [6, 6.07) is 11.1. The molecule has 0 aliphatic carbocycles. The maximum absolute atomic E-state index is 12.5. The van der Waals surface area contributed by atoms with Gasteiger partial charge in [-0.1, -0.05) is 29.8 Å². The lowest BCUT2D eigenvalue weighted by molar-refractivity contribution is -0.384. The normalized spacial score (nSPS) is 10.7. The molecule has 138 valence electrons. The van der Waals surface area contributed by atoms with Gasteiger partial charge in [0.2, 0.25) is 5.91 Å². The van der Waals surface area contributed by atoms with E-state index in [0.717, 1.165) is 5.56 Å². The number of fused-ring (bicyclic) bond motifs is 1. The minimum atomic E-state index is -0.546. The van der Waals surface area contributed by atoms with E-state index in [1.54, 1.807) is 12.1 Å². The number of aromatic nitrogens is 2. The van der Waals surface area contributed by atoms with Crippen LogP contribution in [0.25, 0.3) is 10.9 Å². The van der Waals surface area contributed by atoms with Crippen molar-refractivity contribution >= 4 is 34.1 Å². The summed E-state index contributed by atoms with van der Waals surface area (Å²) >= 11 is 6.04. The molecule has 2 aromatic carbocycles. The first-order valence-electron chi connectivity index (χ1n) is 8.09. The fraction of sp³-hybridized carbons (Fsp3) is 0.167. The van der Waals surface area contributed by atoms with Crippen LogP contribution in [-0.4, -0.2) is 20.4 Å². The summed E-state index contributed by atoms with van der Waals surface area (Å²) in [6.07, 6.45) is 1.38. The van der Waals surface area contributed by atoms with Gasteiger partial charge in [-0.05, 0) is 17.7 Å². The van der Waals surface area contributed by atoms with E-state index in [1.165, 1.54) is 29.1 Å². The molecule has 0 saturated heterocycles. The predicted molar refractivity (Wildman–Crippen MR) is 101 cm³/mol. The Bertz CT molecular complexity index is 1080. The van der Waals surface area contributed by atoms with Gasteiger partial charge in [-0.3, -0.25) is 24.3 Å². The smallest absolute Gasteiger partial charge is 0.271 e. The molecule has 1 N–H and O–H groups in total. The second-order valence-corrected chi connectivity index (χ2v) is 6.23. The maximum atomic E-state index is 12.5. The van der Waals surface area contributed by atoms with Crippen LogP contribution >= 0.6 is 11.6 Å². The van der Waals surface area contributed by atoms with Crippen LogP contribution < -0.4 is 10.9 Å². The second kappa shape index (κ2) is 7.96. The third kappa shape index (κ3) is 4.29. The number of carbonyl (C=O) groups is 1. The van der Waals surface area contributed by atoms with Crippen molar-refractivity contribution in [3.63, 3.8) is 0 Å². The monoisotopic (exact) mass is 386 g/mol. The van der Waals surface area contributed by atoms with E-state index in [0.29, 0.717) is 11.6 Å². The molecule has 0 saturated carbocycles. The van der Waals surface area contributed by atoms with Gasteiger partial charge < -0.3 is 5.32 Å². The number of carbonyl (C=O) groups excluding carboxylic acids is 1. The summed E-state index contributed by atoms with van der Waals surface area (Å²) in [4.78, 5) is 38.8. The molecular weight excluding hydrogens is 372 g/mol. The molecule has 0 aliphatic heterocycles. The number of aryl methyl sites for hydroxylation is 1. The molecular formula is C18H15ClN4O4. The SMILES string of the molecule is O=C(CCn1cnc2cc([N+](=O)[O-])ccc2c1=O)NCc1ccccc1Cl. The molecule has 0 bridgehead atoms. The van der Waals surface area contributed by atoms with Gasteiger partial charge in [-0.15, -0.1) is 0 Å². The van der Waals surface area contributed by atoms with Crippen molar-refractivity contribution in [1.29, 1.82) is 0 Å². The van der Waals surface area contributed by atoms with E-state index in [4.69, 9.17) is 11.6 Å². The Balaban J connectivity index is 1.66. The van der Waals surface area contributed by atoms with Crippen molar-refractivity contribution in [2.45, 2.75) is 19.5 Å². The first-order valence-corrected chi connectivity index (χ1v) is 8.47. The lowest BCUT2D eigenvalue weighted by Gasteiger charge is -2.08. The van der Waals surface area contributed by atoms with Gasteiger partial charge in [0.05, 0.1) is 22.2 Å². The summed E-state index contributed by atoms with van der Waals surface area (Å²) in [5.41, 5.74) is 0.562. The van der Waals surface area contributed by atoms with E-state index in [9.17, 15) is 19.7 Å². The molecule has 3 rings (SSSR count). The molecule has 0 radical (unpaired) electrons. The number of benzene rings is 2. The van der Waals surface area contributed by atoms with Crippen LogP contribution in [0.5, 0.6) is 0 Å². The third-order valence-electron chi connectivity index (χ3n) is 4.03. The summed E-state index contributed by atoms with van der Waals surface area (Å²) in [7, 11) is 0. The molecule has 1 aromatic heterocycles. The van der Waals surface area contributed by atoms with Crippen molar-refractivity contribution in [3.8, 4) is 0 Å². The Morgan fingerprint density at radius 3 is 2.78 bits per heavy atom. The van der Waals surface area contributed by atoms with Crippen molar-refractivity contribution < 1.29 is 9.72 Å². The molecule has 1 amide bonds. The topological polar surface area (TPSA) is 107 Å². The predicted octanol–water partition coefficient (Wildman–Crippen LogP) is 2.66. The Kier molecular flexibility index (Phi) is 5.46. The Morgan fingerprint density at radius 2 is 2.04 bits per heavy atom. The highest BCUT2D eigenvalue weighted by Gasteiger charge is 2.11. The average molecular weight is 387 g/mol. The maximum Gasteiger partial charge on any atom is 0.271 e. The largest absolute Gasteiger partial charge is 0.352 e. The Morgan fingerprint density at radius 1 is 1.26 bits per heavy atom. The molecule has 0 spiro atoms. The molecule has 3 aromatic rings. The minimum Gasteiger partial charge on any atom is -0.352 e. The Hall–Kier alpha value is -3.26. The Labute approximate surface area is 158 Å². The molecule has 9 heteroatoms. The van der Waals surface area contributed by atoms with Crippen LogP contribution in [-0.2, 0) is 17.9 Å². The van der Waals surface area contributed by atoms with Gasteiger partial charge in [-0.2, -0.15) is 0 Å². The number of hydrogen-bond donors (Lipinski definition) is 1.